The Hall–Kier alpha value is -4.24. The molecule has 3 amide bonds. The molecule has 0 radical (unpaired) electrons. The minimum absolute atomic E-state index is 0. The van der Waals surface area contributed by atoms with Gasteiger partial charge in [0.1, 0.15) is 11.6 Å². The molecule has 6 rings (SSSR count). The van der Waals surface area contributed by atoms with Crippen LogP contribution in [-0.2, 0) is 20.8 Å². The number of furan rings is 1. The number of benzene rings is 1. The van der Waals surface area contributed by atoms with Gasteiger partial charge in [-0.15, -0.1) is 12.4 Å². The predicted octanol–water partition coefficient (Wildman–Crippen LogP) is 2.45. The first-order valence-corrected chi connectivity index (χ1v) is 10.7. The summed E-state index contributed by atoms with van der Waals surface area (Å²) in [5.41, 5.74) is 4.01. The number of carbonyl (C=O) groups is 3. The third kappa shape index (κ3) is 3.27. The van der Waals surface area contributed by atoms with Crippen LogP contribution in [0.1, 0.15) is 16.7 Å². The number of aromatic nitrogens is 1. The van der Waals surface area contributed by atoms with Gasteiger partial charge in [-0.2, -0.15) is 0 Å². The Bertz CT molecular complexity index is 1520. The SMILES string of the molecule is CN(C)C(=O)C1Cc2cccc3c2N1C=CN=C3C1=C(c2cncc3ccoc23)C(=O)NC1=O.Cl. The maximum atomic E-state index is 13.1. The van der Waals surface area contributed by atoms with Gasteiger partial charge in [0.15, 0.2) is 0 Å². The number of hydrogen-bond acceptors (Lipinski definition) is 7. The zero-order chi connectivity index (χ0) is 23.6. The summed E-state index contributed by atoms with van der Waals surface area (Å²) in [6, 6.07) is 7.03. The van der Waals surface area contributed by atoms with E-state index in [9.17, 15) is 14.4 Å². The number of imide groups is 1. The Morgan fingerprint density at radius 1 is 1.11 bits per heavy atom. The van der Waals surface area contributed by atoms with E-state index in [0.29, 0.717) is 28.8 Å². The molecule has 1 N–H and O–H groups in total. The van der Waals surface area contributed by atoms with Crippen molar-refractivity contribution in [2.24, 2.45) is 4.99 Å². The number of hydrogen-bond donors (Lipinski definition) is 1. The van der Waals surface area contributed by atoms with Gasteiger partial charge >= 0.3 is 0 Å². The molecule has 0 aliphatic carbocycles. The minimum atomic E-state index is -0.541. The van der Waals surface area contributed by atoms with Crippen LogP contribution in [0.25, 0.3) is 16.5 Å². The first-order valence-electron chi connectivity index (χ1n) is 10.7. The fourth-order valence-corrected chi connectivity index (χ4v) is 4.85. The lowest BCUT2D eigenvalue weighted by molar-refractivity contribution is -0.130. The summed E-state index contributed by atoms with van der Waals surface area (Å²) >= 11 is 0. The highest BCUT2D eigenvalue weighted by Crippen LogP contribution is 2.40. The van der Waals surface area contributed by atoms with Crippen LogP contribution in [0.2, 0.25) is 0 Å². The van der Waals surface area contributed by atoms with Crippen molar-refractivity contribution >= 4 is 58.1 Å². The van der Waals surface area contributed by atoms with E-state index in [1.54, 1.807) is 43.7 Å². The lowest BCUT2D eigenvalue weighted by atomic mass is 9.93. The van der Waals surface area contributed by atoms with E-state index >= 15 is 0 Å². The maximum Gasteiger partial charge on any atom is 0.261 e. The average molecular weight is 490 g/mol. The molecule has 10 heteroatoms. The molecule has 0 fully saturated rings. The van der Waals surface area contributed by atoms with Crippen LogP contribution < -0.4 is 10.2 Å². The molecule has 0 saturated heterocycles. The monoisotopic (exact) mass is 489 g/mol. The van der Waals surface area contributed by atoms with E-state index in [-0.39, 0.29) is 29.5 Å². The Morgan fingerprint density at radius 2 is 1.91 bits per heavy atom. The summed E-state index contributed by atoms with van der Waals surface area (Å²) in [5, 5.41) is 3.12. The van der Waals surface area contributed by atoms with Crippen molar-refractivity contribution in [3.63, 3.8) is 0 Å². The first-order chi connectivity index (χ1) is 16.5. The normalized spacial score (nSPS) is 18.3. The Balaban J connectivity index is 0.00000253. The standard InChI is InChI=1S/C25H19N5O4.ClH/c1-29(2)25(33)17-10-13-4-3-5-15-20(27-7-8-30(17)21(13)15)19-18(23(31)28-24(19)32)16-12-26-11-14-6-9-34-22(14)16;/h3-9,11-12,17H,10H2,1-2H3,(H,28,31,32);1H. The second kappa shape index (κ2) is 8.21. The number of rotatable bonds is 3. The largest absolute Gasteiger partial charge is 0.464 e. The molecule has 176 valence electrons. The zero-order valence-corrected chi connectivity index (χ0v) is 19.6. The van der Waals surface area contributed by atoms with Crippen molar-refractivity contribution in [2.75, 3.05) is 19.0 Å². The van der Waals surface area contributed by atoms with Crippen LogP contribution >= 0.6 is 12.4 Å². The fourth-order valence-electron chi connectivity index (χ4n) is 4.85. The summed E-state index contributed by atoms with van der Waals surface area (Å²) in [5.74, 6) is -1.10. The third-order valence-corrected chi connectivity index (χ3v) is 6.33. The molecule has 0 spiro atoms. The molecule has 5 heterocycles. The quantitative estimate of drug-likeness (QED) is 0.566. The van der Waals surface area contributed by atoms with E-state index in [1.165, 1.54) is 12.5 Å². The van der Waals surface area contributed by atoms with Gasteiger partial charge in [0.25, 0.3) is 11.8 Å². The van der Waals surface area contributed by atoms with Gasteiger partial charge < -0.3 is 14.2 Å². The third-order valence-electron chi connectivity index (χ3n) is 6.33. The number of nitrogens with one attached hydrogen (secondary N) is 1. The highest BCUT2D eigenvalue weighted by molar-refractivity contribution is 6.48. The van der Waals surface area contributed by atoms with Crippen molar-refractivity contribution < 1.29 is 18.8 Å². The summed E-state index contributed by atoms with van der Waals surface area (Å²) in [7, 11) is 3.45. The molecule has 1 aromatic carbocycles. The molecule has 0 saturated carbocycles. The van der Waals surface area contributed by atoms with E-state index in [1.807, 2.05) is 23.1 Å². The number of anilines is 1. The minimum Gasteiger partial charge on any atom is -0.464 e. The maximum absolute atomic E-state index is 13.1. The van der Waals surface area contributed by atoms with E-state index in [4.69, 9.17) is 4.42 Å². The molecule has 9 nitrogen and oxygen atoms in total. The molecular weight excluding hydrogens is 470 g/mol. The predicted molar refractivity (Wildman–Crippen MR) is 132 cm³/mol. The Kier molecular flexibility index (Phi) is 5.29. The highest BCUT2D eigenvalue weighted by atomic mass is 35.5. The van der Waals surface area contributed by atoms with Crippen LogP contribution in [0.5, 0.6) is 0 Å². The number of halogens is 1. The van der Waals surface area contributed by atoms with Crippen LogP contribution in [0.3, 0.4) is 0 Å². The van der Waals surface area contributed by atoms with E-state index in [2.05, 4.69) is 15.3 Å². The molecule has 2 aromatic heterocycles. The second-order valence-electron chi connectivity index (χ2n) is 8.51. The lowest BCUT2D eigenvalue weighted by Gasteiger charge is -2.25. The highest BCUT2D eigenvalue weighted by Gasteiger charge is 2.41. The molecule has 3 aliphatic heterocycles. The number of fused-ring (bicyclic) bond motifs is 1. The molecule has 0 bridgehead atoms. The number of para-hydroxylation sites is 1. The van der Waals surface area contributed by atoms with Gasteiger partial charge in [-0.3, -0.25) is 29.7 Å². The molecule has 35 heavy (non-hydrogen) atoms. The van der Waals surface area contributed by atoms with Gasteiger partial charge in [-0.25, -0.2) is 0 Å². The van der Waals surface area contributed by atoms with Crippen molar-refractivity contribution in [3.05, 3.63) is 77.6 Å². The average Bonchev–Trinajstić information content (AvgIpc) is 3.47. The van der Waals surface area contributed by atoms with Crippen molar-refractivity contribution in [3.8, 4) is 0 Å². The Morgan fingerprint density at radius 3 is 2.71 bits per heavy atom. The summed E-state index contributed by atoms with van der Waals surface area (Å²) in [4.78, 5) is 51.2. The fraction of sp³-hybridized carbons (Fsp3) is 0.160. The van der Waals surface area contributed by atoms with Crippen LogP contribution in [0, 0.1) is 0 Å². The summed E-state index contributed by atoms with van der Waals surface area (Å²) < 4.78 is 5.61. The van der Waals surface area contributed by atoms with Crippen LogP contribution in [0.15, 0.2) is 70.3 Å². The number of nitrogens with zero attached hydrogens (tertiary/aromatic N) is 4. The Labute approximate surface area is 206 Å². The molecule has 1 unspecified atom stereocenters. The van der Waals surface area contributed by atoms with Gasteiger partial charge in [0, 0.05) is 61.8 Å². The van der Waals surface area contributed by atoms with Gasteiger partial charge in [0.05, 0.1) is 28.8 Å². The van der Waals surface area contributed by atoms with Gasteiger partial charge in [0.2, 0.25) is 5.91 Å². The molecule has 1 atom stereocenters. The molecule has 3 aliphatic rings. The number of aliphatic imine (C=N–C) groups is 1. The topological polar surface area (TPSA) is 108 Å². The van der Waals surface area contributed by atoms with Crippen molar-refractivity contribution in [1.82, 2.24) is 15.2 Å². The number of carbonyl (C=O) groups excluding carboxylic acids is 3. The number of amides is 3. The second-order valence-corrected chi connectivity index (χ2v) is 8.51. The van der Waals surface area contributed by atoms with Crippen LogP contribution in [0.4, 0.5) is 5.69 Å². The van der Waals surface area contributed by atoms with E-state index in [0.717, 1.165) is 16.6 Å². The van der Waals surface area contributed by atoms with Gasteiger partial charge in [-0.1, -0.05) is 18.2 Å². The zero-order valence-electron chi connectivity index (χ0n) is 18.8. The summed E-state index contributed by atoms with van der Waals surface area (Å²) in [6.45, 7) is 0. The van der Waals surface area contributed by atoms with Crippen molar-refractivity contribution in [1.29, 1.82) is 0 Å². The smallest absolute Gasteiger partial charge is 0.261 e. The first kappa shape index (κ1) is 22.5. The molecule has 3 aromatic rings. The summed E-state index contributed by atoms with van der Waals surface area (Å²) in [6.07, 6.45) is 8.50. The van der Waals surface area contributed by atoms with Crippen molar-refractivity contribution in [2.45, 2.75) is 12.5 Å². The van der Waals surface area contributed by atoms with E-state index < -0.39 is 17.9 Å². The van der Waals surface area contributed by atoms with Crippen LogP contribution in [-0.4, -0.2) is 53.5 Å². The lowest BCUT2D eigenvalue weighted by Crippen LogP contribution is -2.42. The molecular formula is C25H20ClN5O4. The number of pyridine rings is 1. The van der Waals surface area contributed by atoms with Gasteiger partial charge in [-0.05, 0) is 11.6 Å². The number of likely N-dealkylation sites (N-methyl/N-ethyl adjacent to an activating group) is 1.